The zero-order chi connectivity index (χ0) is 23.6. The highest BCUT2D eigenvalue weighted by Gasteiger charge is 2.33. The summed E-state index contributed by atoms with van der Waals surface area (Å²) in [7, 11) is 0. The maximum atomic E-state index is 11.8. The first-order valence-electron chi connectivity index (χ1n) is 11.6. The van der Waals surface area contributed by atoms with Crippen LogP contribution in [0, 0.1) is 0 Å². The van der Waals surface area contributed by atoms with Crippen molar-refractivity contribution in [3.8, 4) is 0 Å². The second-order valence-corrected chi connectivity index (χ2v) is 8.27. The van der Waals surface area contributed by atoms with Crippen LogP contribution < -0.4 is 5.32 Å². The fourth-order valence-electron chi connectivity index (χ4n) is 2.95. The highest BCUT2D eigenvalue weighted by atomic mass is 16.6. The molecule has 2 N–H and O–H groups in total. The Morgan fingerprint density at radius 3 is 1.77 bits per heavy atom. The lowest BCUT2D eigenvalue weighted by atomic mass is 10.0. The predicted molar refractivity (Wildman–Crippen MR) is 122 cm³/mol. The molecule has 0 bridgehead atoms. The lowest BCUT2D eigenvalue weighted by molar-refractivity contribution is -0.147. The van der Waals surface area contributed by atoms with E-state index in [2.05, 4.69) is 19.2 Å². The minimum Gasteiger partial charge on any atom is -0.480 e. The van der Waals surface area contributed by atoms with Crippen LogP contribution in [0.3, 0.4) is 0 Å². The van der Waals surface area contributed by atoms with Crippen LogP contribution in [-0.4, -0.2) is 52.7 Å². The van der Waals surface area contributed by atoms with Crippen molar-refractivity contribution in [2.45, 2.75) is 118 Å². The number of hydrogen-bond donors (Lipinski definition) is 2. The van der Waals surface area contributed by atoms with E-state index in [-0.39, 0.29) is 6.54 Å². The van der Waals surface area contributed by atoms with E-state index in [4.69, 9.17) is 9.84 Å². The Morgan fingerprint density at radius 2 is 1.40 bits per heavy atom. The number of alkyl carbamates (subject to hydrolysis) is 1. The summed E-state index contributed by atoms with van der Waals surface area (Å²) < 4.78 is 4.99. The van der Waals surface area contributed by atoms with Gasteiger partial charge in [0.1, 0.15) is 18.2 Å². The van der Waals surface area contributed by atoms with Gasteiger partial charge in [0.05, 0.1) is 0 Å². The van der Waals surface area contributed by atoms with Gasteiger partial charge in [0.2, 0.25) is 5.91 Å². The lowest BCUT2D eigenvalue weighted by Crippen LogP contribution is -2.46. The normalized spacial score (nSPS) is 17.7. The van der Waals surface area contributed by atoms with Crippen molar-refractivity contribution in [3.63, 3.8) is 0 Å². The van der Waals surface area contributed by atoms with Crippen LogP contribution in [-0.2, 0) is 14.3 Å². The molecule has 178 valence electrons. The third kappa shape index (κ3) is 16.1. The molecule has 7 heteroatoms. The molecule has 0 spiro atoms. The standard InChI is InChI=1S/C12H20N2O5.C6H12.C3H8.C2H6/c1-12(2,3)19-11(18)13-7-9(15)14-6-4-5-8(14)10(16)17;1-2-4-6-5-3-1;1-3-2;1-2/h8H,4-7H2,1-3H3,(H,13,18)(H,16,17);1-6H2;3H2,1-2H3;1-2H3. The van der Waals surface area contributed by atoms with E-state index >= 15 is 0 Å². The summed E-state index contributed by atoms with van der Waals surface area (Å²) in [5, 5.41) is 11.3. The van der Waals surface area contributed by atoms with Crippen molar-refractivity contribution in [2.24, 2.45) is 0 Å². The molecule has 1 aliphatic carbocycles. The van der Waals surface area contributed by atoms with Crippen molar-refractivity contribution in [3.05, 3.63) is 0 Å². The SMILES string of the molecule is C1CCCCC1.CC.CC(C)(C)OC(=O)NCC(=O)N1CCCC1C(=O)O.CCC. The first kappa shape index (κ1) is 30.4. The van der Waals surface area contributed by atoms with E-state index in [0.29, 0.717) is 19.4 Å². The van der Waals surface area contributed by atoms with Crippen LogP contribution in [0.1, 0.15) is 106 Å². The molecular formula is C23H46N2O5. The average Bonchev–Trinajstić information content (AvgIpc) is 3.19. The van der Waals surface area contributed by atoms with Gasteiger partial charge in [0.15, 0.2) is 0 Å². The van der Waals surface area contributed by atoms with E-state index in [1.807, 2.05) is 13.8 Å². The number of carbonyl (C=O) groups is 3. The molecule has 1 saturated carbocycles. The summed E-state index contributed by atoms with van der Waals surface area (Å²) in [6.07, 6.45) is 10.7. The van der Waals surface area contributed by atoms with Gasteiger partial charge in [-0.25, -0.2) is 9.59 Å². The largest absolute Gasteiger partial charge is 0.480 e. The van der Waals surface area contributed by atoms with Gasteiger partial charge in [-0.15, -0.1) is 0 Å². The highest BCUT2D eigenvalue weighted by molar-refractivity contribution is 5.87. The van der Waals surface area contributed by atoms with E-state index in [1.54, 1.807) is 20.8 Å². The molecule has 1 heterocycles. The topological polar surface area (TPSA) is 95.9 Å². The molecular weight excluding hydrogens is 384 g/mol. The van der Waals surface area contributed by atoms with Crippen molar-refractivity contribution in [2.75, 3.05) is 13.1 Å². The second-order valence-electron chi connectivity index (χ2n) is 8.27. The predicted octanol–water partition coefficient (Wildman–Crippen LogP) is 5.37. The van der Waals surface area contributed by atoms with Gasteiger partial charge >= 0.3 is 12.1 Å². The minimum absolute atomic E-state index is 0.251. The molecule has 2 amide bonds. The van der Waals surface area contributed by atoms with Gasteiger partial charge in [0.25, 0.3) is 0 Å². The highest BCUT2D eigenvalue weighted by Crippen LogP contribution is 2.17. The summed E-state index contributed by atoms with van der Waals surface area (Å²) in [5.74, 6) is -1.42. The first-order valence-corrected chi connectivity index (χ1v) is 11.6. The zero-order valence-electron chi connectivity index (χ0n) is 20.4. The number of carboxylic acid groups (broad SMARTS) is 1. The number of likely N-dealkylation sites (tertiary alicyclic amines) is 1. The van der Waals surface area contributed by atoms with Crippen molar-refractivity contribution >= 4 is 18.0 Å². The van der Waals surface area contributed by atoms with Crippen LogP contribution >= 0.6 is 0 Å². The molecule has 2 aliphatic rings. The molecule has 1 saturated heterocycles. The Labute approximate surface area is 183 Å². The zero-order valence-corrected chi connectivity index (χ0v) is 20.4. The van der Waals surface area contributed by atoms with Gasteiger partial charge in [-0.3, -0.25) is 4.79 Å². The third-order valence-corrected chi connectivity index (χ3v) is 4.14. The smallest absolute Gasteiger partial charge is 0.408 e. The van der Waals surface area contributed by atoms with Crippen molar-refractivity contribution in [1.29, 1.82) is 0 Å². The summed E-state index contributed by atoms with van der Waals surface area (Å²) in [5.41, 5.74) is -0.635. The van der Waals surface area contributed by atoms with Crippen LogP contribution in [0.2, 0.25) is 0 Å². The van der Waals surface area contributed by atoms with Gasteiger partial charge in [-0.05, 0) is 33.6 Å². The number of aliphatic carboxylic acids is 1. The molecule has 1 atom stereocenters. The van der Waals surface area contributed by atoms with E-state index in [0.717, 1.165) is 0 Å². The quantitative estimate of drug-likeness (QED) is 0.627. The number of carbonyl (C=O) groups excluding carboxylic acids is 2. The molecule has 2 rings (SSSR count). The lowest BCUT2D eigenvalue weighted by Gasteiger charge is -2.23. The monoisotopic (exact) mass is 430 g/mol. The summed E-state index contributed by atoms with van der Waals surface area (Å²) in [4.78, 5) is 35.4. The number of rotatable bonds is 3. The van der Waals surface area contributed by atoms with Crippen LogP contribution in [0.25, 0.3) is 0 Å². The molecule has 7 nitrogen and oxygen atoms in total. The van der Waals surface area contributed by atoms with E-state index < -0.39 is 29.6 Å². The van der Waals surface area contributed by atoms with Gasteiger partial charge in [0, 0.05) is 6.54 Å². The number of nitrogens with one attached hydrogen (secondary N) is 1. The Hall–Kier alpha value is -1.79. The summed E-state index contributed by atoms with van der Waals surface area (Å²) in [6, 6.07) is -0.784. The van der Waals surface area contributed by atoms with E-state index in [9.17, 15) is 14.4 Å². The van der Waals surface area contributed by atoms with Gasteiger partial charge in [-0.2, -0.15) is 0 Å². The third-order valence-electron chi connectivity index (χ3n) is 4.14. The fourth-order valence-corrected chi connectivity index (χ4v) is 2.95. The van der Waals surface area contributed by atoms with Gasteiger partial charge in [-0.1, -0.05) is 72.6 Å². The Kier molecular flexibility index (Phi) is 18.3. The summed E-state index contributed by atoms with van der Waals surface area (Å²) >= 11 is 0. The molecule has 30 heavy (non-hydrogen) atoms. The Morgan fingerprint density at radius 1 is 0.967 bits per heavy atom. The average molecular weight is 431 g/mol. The van der Waals surface area contributed by atoms with Crippen LogP contribution in [0.5, 0.6) is 0 Å². The molecule has 2 fully saturated rings. The molecule has 0 aromatic carbocycles. The first-order chi connectivity index (χ1) is 14.1. The van der Waals surface area contributed by atoms with E-state index in [1.165, 1.54) is 49.8 Å². The second kappa shape index (κ2) is 18.0. The maximum Gasteiger partial charge on any atom is 0.408 e. The number of amides is 2. The van der Waals surface area contributed by atoms with Crippen LogP contribution in [0.4, 0.5) is 4.79 Å². The van der Waals surface area contributed by atoms with Crippen molar-refractivity contribution < 1.29 is 24.2 Å². The Balaban J connectivity index is 0. The number of hydrogen-bond acceptors (Lipinski definition) is 4. The summed E-state index contributed by atoms with van der Waals surface area (Å²) in [6.45, 7) is 13.6. The fraction of sp³-hybridized carbons (Fsp3) is 0.870. The molecule has 0 radical (unpaired) electrons. The number of nitrogens with zero attached hydrogens (tertiary/aromatic N) is 1. The molecule has 1 aliphatic heterocycles. The number of carboxylic acids is 1. The molecule has 1 unspecified atom stereocenters. The van der Waals surface area contributed by atoms with Gasteiger partial charge < -0.3 is 20.1 Å². The minimum atomic E-state index is -1.01. The molecule has 0 aromatic rings. The number of ether oxygens (including phenoxy) is 1. The van der Waals surface area contributed by atoms with Crippen molar-refractivity contribution in [1.82, 2.24) is 10.2 Å². The Bertz CT molecular complexity index is 459. The maximum absolute atomic E-state index is 11.8. The molecule has 0 aromatic heterocycles. The van der Waals surface area contributed by atoms with Crippen LogP contribution in [0.15, 0.2) is 0 Å².